The Balaban J connectivity index is 0.00000150. The van der Waals surface area contributed by atoms with Crippen molar-refractivity contribution in [3.8, 4) is 0 Å². The molecule has 0 spiro atoms. The third kappa shape index (κ3) is 4.89. The fourth-order valence-corrected chi connectivity index (χ4v) is 4.34. The molecule has 2 N–H and O–H groups in total. The summed E-state index contributed by atoms with van der Waals surface area (Å²) in [6.07, 6.45) is 2.05. The lowest BCUT2D eigenvalue weighted by atomic mass is 9.95. The number of para-hydroxylation sites is 2. The Kier molecular flexibility index (Phi) is 8.40. The molecule has 1 saturated heterocycles. The van der Waals surface area contributed by atoms with E-state index in [1.165, 1.54) is 5.56 Å². The van der Waals surface area contributed by atoms with Gasteiger partial charge >= 0.3 is 0 Å². The van der Waals surface area contributed by atoms with Crippen LogP contribution in [0, 0.1) is 0 Å². The third-order valence-electron chi connectivity index (χ3n) is 5.25. The average molecular weight is 453 g/mol. The van der Waals surface area contributed by atoms with Crippen molar-refractivity contribution >= 4 is 53.5 Å². The molecule has 1 aromatic heterocycles. The third-order valence-corrected chi connectivity index (χ3v) is 5.79. The smallest absolute Gasteiger partial charge is 0.242 e. The van der Waals surface area contributed by atoms with Gasteiger partial charge in [-0.15, -0.1) is 24.8 Å². The molecule has 2 aromatic carbocycles. The van der Waals surface area contributed by atoms with Crippen molar-refractivity contribution in [3.05, 3.63) is 66.0 Å². The quantitative estimate of drug-likeness (QED) is 0.640. The summed E-state index contributed by atoms with van der Waals surface area (Å²) in [4.78, 5) is 19.7. The fraction of sp³-hybridized carbons (Fsp3) is 0.333. The van der Waals surface area contributed by atoms with E-state index in [4.69, 9.17) is 10.7 Å². The van der Waals surface area contributed by atoms with Crippen LogP contribution in [0.1, 0.15) is 17.3 Å². The Labute approximate surface area is 187 Å². The lowest BCUT2D eigenvalue weighted by molar-refractivity contribution is -0.130. The van der Waals surface area contributed by atoms with Crippen LogP contribution in [0.15, 0.2) is 54.6 Å². The predicted molar refractivity (Wildman–Crippen MR) is 125 cm³/mol. The number of carbonyl (C=O) groups is 1. The molecule has 2 heterocycles. The van der Waals surface area contributed by atoms with Gasteiger partial charge < -0.3 is 15.2 Å². The maximum atomic E-state index is 13.1. The summed E-state index contributed by atoms with van der Waals surface area (Å²) in [6.45, 7) is 1.59. The first-order valence-corrected chi connectivity index (χ1v) is 10.6. The average Bonchev–Trinajstić information content (AvgIpc) is 3.24. The van der Waals surface area contributed by atoms with E-state index in [9.17, 15) is 4.79 Å². The second kappa shape index (κ2) is 10.3. The molecule has 0 unspecified atom stereocenters. The molecule has 156 valence electrons. The second-order valence-electron chi connectivity index (χ2n) is 7.02. The van der Waals surface area contributed by atoms with Crippen molar-refractivity contribution in [2.45, 2.75) is 24.3 Å². The van der Waals surface area contributed by atoms with Crippen molar-refractivity contribution in [1.82, 2.24) is 14.5 Å². The van der Waals surface area contributed by atoms with Gasteiger partial charge in [0.25, 0.3) is 0 Å². The molecule has 2 atom stereocenters. The molecule has 1 aliphatic rings. The molecule has 0 saturated carbocycles. The molecule has 1 fully saturated rings. The van der Waals surface area contributed by atoms with Crippen molar-refractivity contribution in [1.29, 1.82) is 0 Å². The highest BCUT2D eigenvalue weighted by Crippen LogP contribution is 2.27. The van der Waals surface area contributed by atoms with Crippen LogP contribution in [0.2, 0.25) is 0 Å². The zero-order chi connectivity index (χ0) is 18.8. The molecular weight excluding hydrogens is 427 g/mol. The molecule has 0 aliphatic carbocycles. The van der Waals surface area contributed by atoms with Crippen LogP contribution < -0.4 is 5.73 Å². The van der Waals surface area contributed by atoms with Gasteiger partial charge in [-0.25, -0.2) is 4.98 Å². The summed E-state index contributed by atoms with van der Waals surface area (Å²) in [5.41, 5.74) is 9.52. The van der Waals surface area contributed by atoms with E-state index in [2.05, 4.69) is 23.0 Å². The largest absolute Gasteiger partial charge is 0.339 e. The van der Waals surface area contributed by atoms with Gasteiger partial charge in [-0.05, 0) is 24.0 Å². The topological polar surface area (TPSA) is 64.2 Å². The van der Waals surface area contributed by atoms with Crippen LogP contribution in [0.3, 0.4) is 0 Å². The van der Waals surface area contributed by atoms with E-state index in [0.29, 0.717) is 19.6 Å². The fourth-order valence-electron chi connectivity index (χ4n) is 3.86. The molecule has 0 bridgehead atoms. The molecule has 0 radical (unpaired) electrons. The van der Waals surface area contributed by atoms with E-state index in [1.54, 1.807) is 11.8 Å². The zero-order valence-electron chi connectivity index (χ0n) is 16.2. The van der Waals surface area contributed by atoms with Gasteiger partial charge in [0.15, 0.2) is 0 Å². The Morgan fingerprint density at radius 1 is 1.10 bits per heavy atom. The maximum Gasteiger partial charge on any atom is 0.242 e. The number of aromatic nitrogens is 2. The summed E-state index contributed by atoms with van der Waals surface area (Å²) in [5.74, 6) is 2.03. The number of likely N-dealkylation sites (tertiary alicyclic amines) is 1. The predicted octanol–water partition coefficient (Wildman–Crippen LogP) is 3.70. The van der Waals surface area contributed by atoms with Crippen LogP contribution in [-0.4, -0.2) is 45.7 Å². The minimum Gasteiger partial charge on any atom is -0.339 e. The number of halogens is 2. The Morgan fingerprint density at radius 3 is 2.52 bits per heavy atom. The molecule has 4 rings (SSSR count). The minimum atomic E-state index is -0.0263. The van der Waals surface area contributed by atoms with Gasteiger partial charge in [-0.3, -0.25) is 4.79 Å². The SMILES string of the molecule is CSCc1nc2ccccc2n1CC(=O)N1C[C@@H](N)[C@H](c2ccccc2)C1.Cl.Cl. The Bertz CT molecular complexity index is 950. The number of fused-ring (bicyclic) bond motifs is 1. The monoisotopic (exact) mass is 452 g/mol. The lowest BCUT2D eigenvalue weighted by Gasteiger charge is -2.18. The molecule has 8 heteroatoms. The van der Waals surface area contributed by atoms with Crippen LogP contribution in [0.4, 0.5) is 0 Å². The number of rotatable bonds is 5. The van der Waals surface area contributed by atoms with Crippen molar-refractivity contribution in [2.75, 3.05) is 19.3 Å². The molecule has 1 aliphatic heterocycles. The number of hydrogen-bond acceptors (Lipinski definition) is 4. The highest BCUT2D eigenvalue weighted by molar-refractivity contribution is 7.97. The van der Waals surface area contributed by atoms with E-state index in [-0.39, 0.29) is 42.7 Å². The van der Waals surface area contributed by atoms with E-state index < -0.39 is 0 Å². The summed E-state index contributed by atoms with van der Waals surface area (Å²) in [7, 11) is 0. The summed E-state index contributed by atoms with van der Waals surface area (Å²) in [5, 5.41) is 0. The van der Waals surface area contributed by atoms with E-state index >= 15 is 0 Å². The Morgan fingerprint density at radius 2 is 1.79 bits per heavy atom. The number of nitrogens with zero attached hydrogens (tertiary/aromatic N) is 3. The molecular formula is C21H26Cl2N4OS. The second-order valence-corrected chi connectivity index (χ2v) is 7.88. The van der Waals surface area contributed by atoms with Crippen LogP contribution in [0.25, 0.3) is 11.0 Å². The summed E-state index contributed by atoms with van der Waals surface area (Å²) < 4.78 is 2.05. The van der Waals surface area contributed by atoms with Crippen LogP contribution >= 0.6 is 36.6 Å². The summed E-state index contributed by atoms with van der Waals surface area (Å²) >= 11 is 1.71. The van der Waals surface area contributed by atoms with Gasteiger partial charge in [0, 0.05) is 25.0 Å². The van der Waals surface area contributed by atoms with Crippen molar-refractivity contribution < 1.29 is 4.79 Å². The number of nitrogens with two attached hydrogens (primary N) is 1. The number of carbonyl (C=O) groups excluding carboxylic acids is 1. The van der Waals surface area contributed by atoms with Gasteiger partial charge in [-0.1, -0.05) is 42.5 Å². The van der Waals surface area contributed by atoms with Gasteiger partial charge in [-0.2, -0.15) is 11.8 Å². The highest BCUT2D eigenvalue weighted by atomic mass is 35.5. The van der Waals surface area contributed by atoms with Crippen molar-refractivity contribution in [3.63, 3.8) is 0 Å². The first-order valence-electron chi connectivity index (χ1n) is 9.18. The summed E-state index contributed by atoms with van der Waals surface area (Å²) in [6, 6.07) is 18.2. The first-order chi connectivity index (χ1) is 13.2. The standard InChI is InChI=1S/C21H24N4OS.2ClH/c1-27-14-20-23-18-9-5-6-10-19(18)25(20)13-21(26)24-11-16(17(22)12-24)15-7-3-2-4-8-15;;/h2-10,16-17H,11-14,22H2,1H3;2*1H/t16-,17+;;/m0../s1. The molecule has 1 amide bonds. The minimum absolute atomic E-state index is 0. The highest BCUT2D eigenvalue weighted by Gasteiger charge is 2.34. The first kappa shape index (κ1) is 23.5. The van der Waals surface area contributed by atoms with E-state index in [1.807, 2.05) is 47.4 Å². The number of hydrogen-bond donors (Lipinski definition) is 1. The number of benzene rings is 2. The Hall–Kier alpha value is -1.73. The number of amides is 1. The zero-order valence-corrected chi connectivity index (χ0v) is 18.7. The van der Waals surface area contributed by atoms with Crippen molar-refractivity contribution in [2.24, 2.45) is 5.73 Å². The molecule has 29 heavy (non-hydrogen) atoms. The van der Waals surface area contributed by atoms with E-state index in [0.717, 1.165) is 22.6 Å². The molecule has 3 aromatic rings. The van der Waals surface area contributed by atoms with Gasteiger partial charge in [0.1, 0.15) is 12.4 Å². The normalized spacial score (nSPS) is 18.3. The van der Waals surface area contributed by atoms with Gasteiger partial charge in [0.05, 0.1) is 16.8 Å². The van der Waals surface area contributed by atoms with Crippen LogP contribution in [-0.2, 0) is 17.1 Å². The number of thioether (sulfide) groups is 1. The lowest BCUT2D eigenvalue weighted by Crippen LogP contribution is -2.34. The van der Waals surface area contributed by atoms with Crippen LogP contribution in [0.5, 0.6) is 0 Å². The molecule has 5 nitrogen and oxygen atoms in total. The maximum absolute atomic E-state index is 13.1. The number of imidazole rings is 1. The van der Waals surface area contributed by atoms with Gasteiger partial charge in [0.2, 0.25) is 5.91 Å².